The number of anilines is 3. The third-order valence-corrected chi connectivity index (χ3v) is 8.01. The monoisotopic (exact) mass is 487 g/mol. The van der Waals surface area contributed by atoms with E-state index in [1.165, 1.54) is 4.31 Å². The Morgan fingerprint density at radius 1 is 1.00 bits per heavy atom. The molecule has 0 aliphatic carbocycles. The number of aryl methyl sites for hydroxylation is 1. The van der Waals surface area contributed by atoms with Gasteiger partial charge in [-0.15, -0.1) is 0 Å². The van der Waals surface area contributed by atoms with Crippen LogP contribution in [0.15, 0.2) is 53.4 Å². The van der Waals surface area contributed by atoms with E-state index in [-0.39, 0.29) is 4.90 Å². The predicted octanol–water partition coefficient (Wildman–Crippen LogP) is 4.01. The van der Waals surface area contributed by atoms with Crippen molar-refractivity contribution in [2.75, 3.05) is 43.5 Å². The van der Waals surface area contributed by atoms with Crippen LogP contribution in [-0.4, -0.2) is 56.0 Å². The fraction of sp³-hybridized carbons (Fsp3) is 0.304. The molecule has 3 aromatic rings. The van der Waals surface area contributed by atoms with Crippen LogP contribution in [0.4, 0.5) is 17.5 Å². The zero-order chi connectivity index (χ0) is 23.6. The zero-order valence-electron chi connectivity index (χ0n) is 18.7. The standard InChI is InChI=1S/C23H26ClN5O3S/c1-16-15-22(26-18-7-9-19(32-3)10-8-18)27-23(25-16)28-11-13-29(14-12-28)33(30,31)21-6-4-5-20(24)17(21)2/h4-10,15H,11-14H2,1-3H3,(H,25,26,27). The Morgan fingerprint density at radius 3 is 2.36 bits per heavy atom. The molecule has 1 aromatic heterocycles. The van der Waals surface area contributed by atoms with E-state index in [1.54, 1.807) is 32.2 Å². The number of benzene rings is 2. The SMILES string of the molecule is COc1ccc(Nc2cc(C)nc(N3CCN(S(=O)(=O)c4cccc(Cl)c4C)CC3)n2)cc1. The molecule has 0 spiro atoms. The molecule has 1 N–H and O–H groups in total. The van der Waals surface area contributed by atoms with E-state index in [0.717, 1.165) is 17.1 Å². The largest absolute Gasteiger partial charge is 0.497 e. The number of piperazine rings is 1. The van der Waals surface area contributed by atoms with Gasteiger partial charge in [0.2, 0.25) is 16.0 Å². The molecular weight excluding hydrogens is 462 g/mol. The van der Waals surface area contributed by atoms with Crippen LogP contribution in [0, 0.1) is 13.8 Å². The third-order valence-electron chi connectivity index (χ3n) is 5.56. The highest BCUT2D eigenvalue weighted by molar-refractivity contribution is 7.89. The van der Waals surface area contributed by atoms with E-state index in [0.29, 0.717) is 48.5 Å². The van der Waals surface area contributed by atoms with E-state index in [4.69, 9.17) is 16.3 Å². The van der Waals surface area contributed by atoms with Crippen molar-refractivity contribution in [2.45, 2.75) is 18.7 Å². The highest BCUT2D eigenvalue weighted by atomic mass is 35.5. The zero-order valence-corrected chi connectivity index (χ0v) is 20.3. The number of ether oxygens (including phenoxy) is 1. The summed E-state index contributed by atoms with van der Waals surface area (Å²) in [6, 6.07) is 14.4. The van der Waals surface area contributed by atoms with Crippen molar-refractivity contribution >= 4 is 39.1 Å². The van der Waals surface area contributed by atoms with Crippen LogP contribution in [0.1, 0.15) is 11.3 Å². The average molecular weight is 488 g/mol. The summed E-state index contributed by atoms with van der Waals surface area (Å²) in [6.45, 7) is 5.30. The van der Waals surface area contributed by atoms with Crippen molar-refractivity contribution < 1.29 is 13.2 Å². The summed E-state index contributed by atoms with van der Waals surface area (Å²) >= 11 is 6.14. The predicted molar refractivity (Wildman–Crippen MR) is 130 cm³/mol. The molecule has 0 unspecified atom stereocenters. The molecule has 1 aliphatic rings. The van der Waals surface area contributed by atoms with E-state index in [1.807, 2.05) is 42.2 Å². The van der Waals surface area contributed by atoms with Gasteiger partial charge in [-0.1, -0.05) is 17.7 Å². The number of aromatic nitrogens is 2. The van der Waals surface area contributed by atoms with Gasteiger partial charge < -0.3 is 15.0 Å². The van der Waals surface area contributed by atoms with Gasteiger partial charge in [0.05, 0.1) is 12.0 Å². The van der Waals surface area contributed by atoms with Crippen molar-refractivity contribution in [3.8, 4) is 5.75 Å². The minimum absolute atomic E-state index is 0.251. The number of nitrogens with one attached hydrogen (secondary N) is 1. The van der Waals surface area contributed by atoms with E-state index in [9.17, 15) is 8.42 Å². The number of rotatable bonds is 6. The summed E-state index contributed by atoms with van der Waals surface area (Å²) in [6.07, 6.45) is 0. The van der Waals surface area contributed by atoms with Crippen LogP contribution >= 0.6 is 11.6 Å². The molecule has 0 saturated carbocycles. The molecule has 10 heteroatoms. The average Bonchev–Trinajstić information content (AvgIpc) is 2.81. The van der Waals surface area contributed by atoms with Crippen LogP contribution in [0.5, 0.6) is 5.75 Å². The molecule has 1 aliphatic heterocycles. The van der Waals surface area contributed by atoms with Crippen LogP contribution in [0.3, 0.4) is 0 Å². The topological polar surface area (TPSA) is 87.7 Å². The van der Waals surface area contributed by atoms with Crippen molar-refractivity contribution in [1.82, 2.24) is 14.3 Å². The minimum atomic E-state index is -3.62. The van der Waals surface area contributed by atoms with Gasteiger partial charge >= 0.3 is 0 Å². The molecule has 0 atom stereocenters. The van der Waals surface area contributed by atoms with Gasteiger partial charge in [0, 0.05) is 48.6 Å². The van der Waals surface area contributed by atoms with Crippen LogP contribution in [-0.2, 0) is 10.0 Å². The second-order valence-corrected chi connectivity index (χ2v) is 10.1. The molecule has 174 valence electrons. The lowest BCUT2D eigenvalue weighted by Crippen LogP contribution is -2.49. The maximum absolute atomic E-state index is 13.2. The Kier molecular flexibility index (Phi) is 6.73. The van der Waals surface area contributed by atoms with Gasteiger partial charge in [-0.05, 0) is 55.8 Å². The summed E-state index contributed by atoms with van der Waals surface area (Å²) in [7, 11) is -2.00. The Bertz CT molecular complexity index is 1240. The van der Waals surface area contributed by atoms with Crippen LogP contribution in [0.2, 0.25) is 5.02 Å². The summed E-state index contributed by atoms with van der Waals surface area (Å²) in [4.78, 5) is 11.5. The minimum Gasteiger partial charge on any atom is -0.497 e. The lowest BCUT2D eigenvalue weighted by molar-refractivity contribution is 0.382. The molecule has 2 heterocycles. The fourth-order valence-electron chi connectivity index (χ4n) is 3.72. The van der Waals surface area contributed by atoms with Crippen molar-refractivity contribution in [2.24, 2.45) is 0 Å². The number of sulfonamides is 1. The summed E-state index contributed by atoms with van der Waals surface area (Å²) in [5.74, 6) is 2.02. The second kappa shape index (κ2) is 9.54. The van der Waals surface area contributed by atoms with Gasteiger partial charge in [0.15, 0.2) is 0 Å². The maximum Gasteiger partial charge on any atom is 0.243 e. The number of nitrogens with zero attached hydrogens (tertiary/aromatic N) is 4. The normalized spacial score (nSPS) is 14.8. The van der Waals surface area contributed by atoms with E-state index >= 15 is 0 Å². The summed E-state index contributed by atoms with van der Waals surface area (Å²) in [5, 5.41) is 3.73. The Morgan fingerprint density at radius 2 is 1.70 bits per heavy atom. The Labute approximate surface area is 199 Å². The first-order valence-electron chi connectivity index (χ1n) is 10.5. The smallest absolute Gasteiger partial charge is 0.243 e. The fourth-order valence-corrected chi connectivity index (χ4v) is 5.62. The quantitative estimate of drug-likeness (QED) is 0.562. The molecule has 2 aromatic carbocycles. The van der Waals surface area contributed by atoms with Crippen molar-refractivity contribution in [3.63, 3.8) is 0 Å². The molecule has 0 bridgehead atoms. The number of methoxy groups -OCH3 is 1. The number of hydrogen-bond acceptors (Lipinski definition) is 7. The van der Waals surface area contributed by atoms with Gasteiger partial charge in [0.25, 0.3) is 0 Å². The Balaban J connectivity index is 1.47. The highest BCUT2D eigenvalue weighted by Gasteiger charge is 2.31. The van der Waals surface area contributed by atoms with Gasteiger partial charge in [-0.3, -0.25) is 0 Å². The number of halogens is 1. The molecule has 0 radical (unpaired) electrons. The second-order valence-electron chi connectivity index (χ2n) is 7.80. The van der Waals surface area contributed by atoms with Crippen LogP contribution < -0.4 is 15.0 Å². The third kappa shape index (κ3) is 5.05. The van der Waals surface area contributed by atoms with Gasteiger partial charge in [-0.25, -0.2) is 13.4 Å². The van der Waals surface area contributed by atoms with Crippen molar-refractivity contribution in [1.29, 1.82) is 0 Å². The van der Waals surface area contributed by atoms with E-state index in [2.05, 4.69) is 15.3 Å². The van der Waals surface area contributed by atoms with Gasteiger partial charge in [0.1, 0.15) is 11.6 Å². The molecule has 1 saturated heterocycles. The van der Waals surface area contributed by atoms with Crippen LogP contribution in [0.25, 0.3) is 0 Å². The number of hydrogen-bond donors (Lipinski definition) is 1. The summed E-state index contributed by atoms with van der Waals surface area (Å²) in [5.41, 5.74) is 2.27. The summed E-state index contributed by atoms with van der Waals surface area (Å²) < 4.78 is 33.0. The molecular formula is C23H26ClN5O3S. The van der Waals surface area contributed by atoms with Crippen molar-refractivity contribution in [3.05, 3.63) is 64.8 Å². The first kappa shape index (κ1) is 23.3. The first-order chi connectivity index (χ1) is 15.8. The molecule has 33 heavy (non-hydrogen) atoms. The lowest BCUT2D eigenvalue weighted by Gasteiger charge is -2.34. The Hall–Kier alpha value is -2.88. The first-order valence-corrected chi connectivity index (χ1v) is 12.4. The molecule has 8 nitrogen and oxygen atoms in total. The molecule has 1 fully saturated rings. The maximum atomic E-state index is 13.2. The molecule has 4 rings (SSSR count). The lowest BCUT2D eigenvalue weighted by atomic mass is 10.2. The molecule has 0 amide bonds. The highest BCUT2D eigenvalue weighted by Crippen LogP contribution is 2.27. The van der Waals surface area contributed by atoms with Gasteiger partial charge in [-0.2, -0.15) is 9.29 Å². The van der Waals surface area contributed by atoms with E-state index < -0.39 is 10.0 Å².